The molecule has 2 heterocycles. The molecule has 0 aromatic carbocycles. The third-order valence-electron chi connectivity index (χ3n) is 2.86. The normalized spacial score (nSPS) is 13.2. The lowest BCUT2D eigenvalue weighted by Gasteiger charge is -2.21. The molecule has 0 fully saturated rings. The summed E-state index contributed by atoms with van der Waals surface area (Å²) in [5.41, 5.74) is 0.975. The molecule has 2 aromatic heterocycles. The van der Waals surface area contributed by atoms with Crippen molar-refractivity contribution in [2.24, 2.45) is 0 Å². The van der Waals surface area contributed by atoms with E-state index in [-0.39, 0.29) is 12.1 Å². The van der Waals surface area contributed by atoms with Crippen LogP contribution in [0.3, 0.4) is 0 Å². The maximum atomic E-state index is 6.33. The molecule has 1 N–H and O–H groups in total. The van der Waals surface area contributed by atoms with Crippen molar-refractivity contribution in [1.82, 2.24) is 15.1 Å². The fourth-order valence-corrected chi connectivity index (χ4v) is 3.54. The summed E-state index contributed by atoms with van der Waals surface area (Å²) in [6.07, 6.45) is 1.70. The second kappa shape index (κ2) is 6.27. The van der Waals surface area contributed by atoms with Crippen molar-refractivity contribution in [3.63, 3.8) is 0 Å². The van der Waals surface area contributed by atoms with Crippen LogP contribution in [0.5, 0.6) is 0 Å². The standard InChI is InChI=1S/C13H17Cl2N3S/c1-4-16-11(13-9(14)5-6-19-13)12-10(15)7-17-18(12)8(2)3/h5-8,11,16H,4H2,1-3H3. The minimum atomic E-state index is -0.0186. The maximum absolute atomic E-state index is 6.33. The van der Waals surface area contributed by atoms with Crippen LogP contribution < -0.4 is 5.32 Å². The molecule has 3 nitrogen and oxygen atoms in total. The fourth-order valence-electron chi connectivity index (χ4n) is 2.06. The first kappa shape index (κ1) is 14.9. The minimum absolute atomic E-state index is 0.0186. The Bertz CT molecular complexity index is 548. The van der Waals surface area contributed by atoms with E-state index in [4.69, 9.17) is 23.2 Å². The summed E-state index contributed by atoms with van der Waals surface area (Å²) in [7, 11) is 0. The van der Waals surface area contributed by atoms with Gasteiger partial charge in [0.25, 0.3) is 0 Å². The lowest BCUT2D eigenvalue weighted by molar-refractivity contribution is 0.478. The second-order valence-corrected chi connectivity index (χ2v) is 6.30. The molecule has 0 radical (unpaired) electrons. The molecule has 0 bridgehead atoms. The van der Waals surface area contributed by atoms with Crippen LogP contribution in [0.1, 0.15) is 43.4 Å². The van der Waals surface area contributed by atoms with Crippen molar-refractivity contribution in [3.8, 4) is 0 Å². The molecule has 19 heavy (non-hydrogen) atoms. The molecule has 0 aliphatic heterocycles. The number of rotatable bonds is 5. The monoisotopic (exact) mass is 317 g/mol. The molecule has 1 unspecified atom stereocenters. The SMILES string of the molecule is CCNC(c1sccc1Cl)c1c(Cl)cnn1C(C)C. The van der Waals surface area contributed by atoms with Crippen LogP contribution in [0.25, 0.3) is 0 Å². The Labute approximate surface area is 127 Å². The summed E-state index contributed by atoms with van der Waals surface area (Å²) in [5.74, 6) is 0. The summed E-state index contributed by atoms with van der Waals surface area (Å²) in [6.45, 7) is 7.08. The van der Waals surface area contributed by atoms with Crippen LogP contribution in [-0.4, -0.2) is 16.3 Å². The van der Waals surface area contributed by atoms with Crippen LogP contribution in [0.2, 0.25) is 10.0 Å². The molecule has 0 saturated carbocycles. The number of aromatic nitrogens is 2. The highest BCUT2D eigenvalue weighted by Gasteiger charge is 2.25. The van der Waals surface area contributed by atoms with Gasteiger partial charge >= 0.3 is 0 Å². The van der Waals surface area contributed by atoms with Crippen LogP contribution in [0, 0.1) is 0 Å². The molecule has 0 aliphatic carbocycles. The molecule has 1 atom stereocenters. The van der Waals surface area contributed by atoms with Gasteiger partial charge in [0.1, 0.15) is 0 Å². The highest BCUT2D eigenvalue weighted by Crippen LogP contribution is 2.36. The lowest BCUT2D eigenvalue weighted by atomic mass is 10.1. The zero-order valence-electron chi connectivity index (χ0n) is 11.2. The molecule has 0 saturated heterocycles. The Kier molecular flexibility index (Phi) is 4.90. The average molecular weight is 318 g/mol. The summed E-state index contributed by atoms with van der Waals surface area (Å²) >= 11 is 14.2. The van der Waals surface area contributed by atoms with Gasteiger partial charge in [0.15, 0.2) is 0 Å². The highest BCUT2D eigenvalue weighted by atomic mass is 35.5. The van der Waals surface area contributed by atoms with Crippen molar-refractivity contribution < 1.29 is 0 Å². The fraction of sp³-hybridized carbons (Fsp3) is 0.462. The van der Waals surface area contributed by atoms with E-state index in [1.807, 2.05) is 16.1 Å². The smallest absolute Gasteiger partial charge is 0.0872 e. The van der Waals surface area contributed by atoms with Gasteiger partial charge in [0.05, 0.1) is 28.0 Å². The van der Waals surface area contributed by atoms with E-state index in [0.717, 1.165) is 22.1 Å². The molecule has 6 heteroatoms. The number of nitrogens with zero attached hydrogens (tertiary/aromatic N) is 2. The van der Waals surface area contributed by atoms with Gasteiger partial charge in [0, 0.05) is 10.9 Å². The molecule has 104 valence electrons. The molecule has 0 amide bonds. The summed E-state index contributed by atoms with van der Waals surface area (Å²) in [4.78, 5) is 1.08. The van der Waals surface area contributed by atoms with Gasteiger partial charge in [-0.05, 0) is 31.8 Å². The van der Waals surface area contributed by atoms with Gasteiger partial charge in [-0.15, -0.1) is 11.3 Å². The minimum Gasteiger partial charge on any atom is -0.304 e. The zero-order valence-corrected chi connectivity index (χ0v) is 13.5. The average Bonchev–Trinajstić information content (AvgIpc) is 2.93. The van der Waals surface area contributed by atoms with Gasteiger partial charge in [0.2, 0.25) is 0 Å². The Morgan fingerprint density at radius 1 is 1.37 bits per heavy atom. The van der Waals surface area contributed by atoms with Gasteiger partial charge in [-0.1, -0.05) is 30.1 Å². The van der Waals surface area contributed by atoms with E-state index in [1.165, 1.54) is 0 Å². The molecule has 0 aliphatic rings. The molecular weight excluding hydrogens is 301 g/mol. The first-order valence-electron chi connectivity index (χ1n) is 6.25. The highest BCUT2D eigenvalue weighted by molar-refractivity contribution is 7.10. The van der Waals surface area contributed by atoms with Crippen molar-refractivity contribution >= 4 is 34.5 Å². The van der Waals surface area contributed by atoms with E-state index < -0.39 is 0 Å². The molecule has 0 spiro atoms. The van der Waals surface area contributed by atoms with Crippen LogP contribution in [0.15, 0.2) is 17.6 Å². The quantitative estimate of drug-likeness (QED) is 0.877. The van der Waals surface area contributed by atoms with Crippen LogP contribution in [-0.2, 0) is 0 Å². The van der Waals surface area contributed by atoms with E-state index in [1.54, 1.807) is 17.5 Å². The first-order chi connectivity index (χ1) is 9.06. The number of halogens is 2. The Balaban J connectivity index is 2.51. The zero-order chi connectivity index (χ0) is 14.0. The molecular formula is C13H17Cl2N3S. The van der Waals surface area contributed by atoms with Gasteiger partial charge in [-0.2, -0.15) is 5.10 Å². The van der Waals surface area contributed by atoms with E-state index in [0.29, 0.717) is 5.02 Å². The maximum Gasteiger partial charge on any atom is 0.0872 e. The predicted octanol–water partition coefficient (Wildman–Crippen LogP) is 4.53. The summed E-state index contributed by atoms with van der Waals surface area (Å²) in [6, 6.07) is 2.15. The first-order valence-corrected chi connectivity index (χ1v) is 7.89. The summed E-state index contributed by atoms with van der Waals surface area (Å²) in [5, 5.41) is 11.2. The van der Waals surface area contributed by atoms with Crippen LogP contribution >= 0.6 is 34.5 Å². The van der Waals surface area contributed by atoms with Gasteiger partial charge in [-0.3, -0.25) is 4.68 Å². The second-order valence-electron chi connectivity index (χ2n) is 4.54. The van der Waals surface area contributed by atoms with Crippen molar-refractivity contribution in [2.75, 3.05) is 6.54 Å². The van der Waals surface area contributed by atoms with Gasteiger partial charge in [-0.25, -0.2) is 0 Å². The largest absolute Gasteiger partial charge is 0.304 e. The number of thiophene rings is 1. The Hall–Kier alpha value is -0.550. The van der Waals surface area contributed by atoms with E-state index >= 15 is 0 Å². The Morgan fingerprint density at radius 3 is 2.63 bits per heavy atom. The summed E-state index contributed by atoms with van der Waals surface area (Å²) < 4.78 is 1.95. The van der Waals surface area contributed by atoms with Crippen LogP contribution in [0.4, 0.5) is 0 Å². The number of hydrogen-bond acceptors (Lipinski definition) is 3. The third-order valence-corrected chi connectivity index (χ3v) is 4.58. The van der Waals surface area contributed by atoms with E-state index in [2.05, 4.69) is 31.2 Å². The van der Waals surface area contributed by atoms with Crippen molar-refractivity contribution in [1.29, 1.82) is 0 Å². The topological polar surface area (TPSA) is 29.9 Å². The Morgan fingerprint density at radius 2 is 2.11 bits per heavy atom. The van der Waals surface area contributed by atoms with Gasteiger partial charge < -0.3 is 5.32 Å². The number of hydrogen-bond donors (Lipinski definition) is 1. The third kappa shape index (κ3) is 2.97. The molecule has 2 rings (SSSR count). The van der Waals surface area contributed by atoms with Crippen molar-refractivity contribution in [3.05, 3.63) is 38.3 Å². The van der Waals surface area contributed by atoms with Crippen molar-refractivity contribution in [2.45, 2.75) is 32.9 Å². The lowest BCUT2D eigenvalue weighted by Crippen LogP contribution is -2.25. The van der Waals surface area contributed by atoms with E-state index in [9.17, 15) is 0 Å². The molecule has 2 aromatic rings. The predicted molar refractivity (Wildman–Crippen MR) is 82.5 cm³/mol. The number of nitrogens with one attached hydrogen (secondary N) is 1.